The number of carboxylic acids is 1. The molecule has 0 radical (unpaired) electrons. The minimum absolute atomic E-state index is 0.0361. The van der Waals surface area contributed by atoms with Gasteiger partial charge in [-0.15, -0.1) is 0 Å². The van der Waals surface area contributed by atoms with Crippen LogP contribution in [0.1, 0.15) is 65.8 Å². The Kier molecular flexibility index (Phi) is 5.61. The minimum Gasteiger partial charge on any atom is -0.478 e. The zero-order chi connectivity index (χ0) is 19.6. The Morgan fingerprint density at radius 2 is 1.78 bits per heavy atom. The third kappa shape index (κ3) is 3.35. The molecule has 5 heteroatoms. The van der Waals surface area contributed by atoms with E-state index in [-0.39, 0.29) is 16.9 Å². The first kappa shape index (κ1) is 19.1. The van der Waals surface area contributed by atoms with Crippen LogP contribution in [0.25, 0.3) is 11.1 Å². The van der Waals surface area contributed by atoms with Gasteiger partial charge in [-0.2, -0.15) is 0 Å². The number of aromatic carboxylic acids is 1. The molecule has 0 heterocycles. The molecule has 2 aromatic rings. The lowest BCUT2D eigenvalue weighted by Crippen LogP contribution is -2.36. The normalized spacial score (nSPS) is 13.2. The van der Waals surface area contributed by atoms with E-state index in [2.05, 4.69) is 6.92 Å². The first-order valence-electron chi connectivity index (χ1n) is 9.50. The van der Waals surface area contributed by atoms with E-state index in [0.29, 0.717) is 24.1 Å². The third-order valence-electron chi connectivity index (χ3n) is 5.05. The summed E-state index contributed by atoms with van der Waals surface area (Å²) in [5.74, 6) is -1.31. The van der Waals surface area contributed by atoms with Gasteiger partial charge >= 0.3 is 5.97 Å². The lowest BCUT2D eigenvalue weighted by atomic mass is 9.76. The van der Waals surface area contributed by atoms with Gasteiger partial charge < -0.3 is 15.1 Å². The standard InChI is InChI=1S/C22H25NO4/c1-3-5-13-23(18(24)8-4-2)17-10-7-6-9-14(17)19-15-11-12-16(22(26)27)20(19)21(15)25/h6-7,9-12,18,24H,3-5,8,13H2,1-2H3,(H,26,27). The monoisotopic (exact) mass is 367 g/mol. The van der Waals surface area contributed by atoms with E-state index < -0.39 is 12.2 Å². The van der Waals surface area contributed by atoms with Gasteiger partial charge in [-0.3, -0.25) is 4.79 Å². The maximum Gasteiger partial charge on any atom is 0.336 e. The number of anilines is 1. The molecular weight excluding hydrogens is 342 g/mol. The summed E-state index contributed by atoms with van der Waals surface area (Å²) in [6.07, 6.45) is 2.82. The molecule has 0 saturated carbocycles. The molecule has 1 aliphatic carbocycles. The Hall–Kier alpha value is -2.66. The Balaban J connectivity index is 2.11. The van der Waals surface area contributed by atoms with Crippen LogP contribution in [0, 0.1) is 0 Å². The van der Waals surface area contributed by atoms with Crippen LogP contribution in [0.3, 0.4) is 0 Å². The molecule has 0 saturated heterocycles. The number of fused-ring (bicyclic) bond motifs is 2. The van der Waals surface area contributed by atoms with Crippen molar-refractivity contribution >= 4 is 17.4 Å². The van der Waals surface area contributed by atoms with Crippen molar-refractivity contribution < 1.29 is 19.8 Å². The zero-order valence-corrected chi connectivity index (χ0v) is 15.7. The fourth-order valence-electron chi connectivity index (χ4n) is 3.67. The van der Waals surface area contributed by atoms with Crippen molar-refractivity contribution in [2.45, 2.75) is 45.8 Å². The average Bonchev–Trinajstić information content (AvgIpc) is 2.67. The number of ketones is 1. The number of aliphatic hydroxyl groups is 1. The van der Waals surface area contributed by atoms with Gasteiger partial charge in [0.2, 0.25) is 0 Å². The molecule has 1 unspecified atom stereocenters. The summed E-state index contributed by atoms with van der Waals surface area (Å²) in [5.41, 5.74) is 3.17. The summed E-state index contributed by atoms with van der Waals surface area (Å²) in [6, 6.07) is 10.7. The third-order valence-corrected chi connectivity index (χ3v) is 5.05. The van der Waals surface area contributed by atoms with Gasteiger partial charge in [0.1, 0.15) is 6.23 Å². The van der Waals surface area contributed by atoms with Gasteiger partial charge in [0, 0.05) is 34.5 Å². The lowest BCUT2D eigenvalue weighted by Gasteiger charge is -2.34. The number of rotatable bonds is 9. The molecule has 1 atom stereocenters. The van der Waals surface area contributed by atoms with Crippen molar-refractivity contribution in [1.29, 1.82) is 0 Å². The molecule has 0 aromatic heterocycles. The number of aliphatic hydroxyl groups excluding tert-OH is 1. The Labute approximate surface area is 159 Å². The van der Waals surface area contributed by atoms with E-state index in [1.165, 1.54) is 6.07 Å². The van der Waals surface area contributed by atoms with Gasteiger partial charge in [-0.05, 0) is 31.0 Å². The van der Waals surface area contributed by atoms with Gasteiger partial charge in [0.05, 0.1) is 5.56 Å². The molecule has 2 N–H and O–H groups in total. The van der Waals surface area contributed by atoms with Crippen LogP contribution in [-0.4, -0.2) is 34.7 Å². The fraction of sp³-hybridized carbons (Fsp3) is 0.364. The highest BCUT2D eigenvalue weighted by Crippen LogP contribution is 2.44. The highest BCUT2D eigenvalue weighted by Gasteiger charge is 2.36. The first-order chi connectivity index (χ1) is 13.0. The van der Waals surface area contributed by atoms with Crippen LogP contribution < -0.4 is 4.90 Å². The van der Waals surface area contributed by atoms with Crippen molar-refractivity contribution in [2.75, 3.05) is 11.4 Å². The van der Waals surface area contributed by atoms with Crippen molar-refractivity contribution in [2.24, 2.45) is 0 Å². The van der Waals surface area contributed by atoms with Crippen LogP contribution in [0.15, 0.2) is 36.4 Å². The molecule has 2 bridgehead atoms. The summed E-state index contributed by atoms with van der Waals surface area (Å²) >= 11 is 0. The number of hydrogen-bond donors (Lipinski definition) is 2. The second-order valence-electron chi connectivity index (χ2n) is 6.88. The van der Waals surface area contributed by atoms with E-state index >= 15 is 0 Å². The summed E-state index contributed by atoms with van der Waals surface area (Å²) in [6.45, 7) is 4.83. The van der Waals surface area contributed by atoms with Crippen LogP contribution >= 0.6 is 0 Å². The summed E-state index contributed by atoms with van der Waals surface area (Å²) < 4.78 is 0. The number of carbonyl (C=O) groups is 2. The molecular formula is C22H25NO4. The summed E-state index contributed by atoms with van der Waals surface area (Å²) in [4.78, 5) is 25.8. The van der Waals surface area contributed by atoms with E-state index in [9.17, 15) is 19.8 Å². The quantitative estimate of drug-likeness (QED) is 0.551. The SMILES string of the molecule is CCCCN(c1ccccc1-c1c2ccc(C(=O)O)c1C2=O)C(O)CCC. The average molecular weight is 367 g/mol. The van der Waals surface area contributed by atoms with Crippen molar-refractivity contribution in [1.82, 2.24) is 0 Å². The molecule has 0 aliphatic heterocycles. The predicted octanol–water partition coefficient (Wildman–Crippen LogP) is 4.32. The largest absolute Gasteiger partial charge is 0.478 e. The van der Waals surface area contributed by atoms with E-state index in [1.807, 2.05) is 36.1 Å². The highest BCUT2D eigenvalue weighted by molar-refractivity contribution is 6.30. The van der Waals surface area contributed by atoms with Gasteiger partial charge in [-0.1, -0.05) is 44.9 Å². The maximum absolute atomic E-state index is 12.3. The molecule has 2 aromatic carbocycles. The van der Waals surface area contributed by atoms with Crippen LogP contribution in [0.4, 0.5) is 5.69 Å². The molecule has 1 aliphatic rings. The van der Waals surface area contributed by atoms with Gasteiger partial charge in [0.15, 0.2) is 5.78 Å². The minimum atomic E-state index is -1.10. The summed E-state index contributed by atoms with van der Waals surface area (Å²) in [7, 11) is 0. The van der Waals surface area contributed by atoms with E-state index in [4.69, 9.17) is 0 Å². The Morgan fingerprint density at radius 3 is 2.41 bits per heavy atom. The second kappa shape index (κ2) is 7.92. The number of nitrogens with zero attached hydrogens (tertiary/aromatic N) is 1. The smallest absolute Gasteiger partial charge is 0.336 e. The predicted molar refractivity (Wildman–Crippen MR) is 105 cm³/mol. The van der Waals surface area contributed by atoms with Crippen molar-refractivity contribution in [3.63, 3.8) is 0 Å². The maximum atomic E-state index is 12.3. The number of hydrogen-bond acceptors (Lipinski definition) is 4. The van der Waals surface area contributed by atoms with Crippen molar-refractivity contribution in [3.05, 3.63) is 53.1 Å². The van der Waals surface area contributed by atoms with Crippen LogP contribution in [-0.2, 0) is 0 Å². The Morgan fingerprint density at radius 1 is 1.04 bits per heavy atom. The number of carbonyl (C=O) groups excluding carboxylic acids is 1. The molecule has 3 rings (SSSR count). The van der Waals surface area contributed by atoms with Crippen LogP contribution in [0.2, 0.25) is 0 Å². The lowest BCUT2D eigenvalue weighted by molar-refractivity contribution is 0.0691. The molecule has 0 spiro atoms. The second-order valence-corrected chi connectivity index (χ2v) is 6.88. The number of para-hydroxylation sites is 1. The molecule has 0 amide bonds. The van der Waals surface area contributed by atoms with E-state index in [0.717, 1.165) is 30.5 Å². The van der Waals surface area contributed by atoms with Crippen molar-refractivity contribution in [3.8, 4) is 11.1 Å². The highest BCUT2D eigenvalue weighted by atomic mass is 16.4. The Bertz CT molecular complexity index is 875. The zero-order valence-electron chi connectivity index (χ0n) is 15.7. The van der Waals surface area contributed by atoms with Crippen LogP contribution in [0.5, 0.6) is 0 Å². The molecule has 5 nitrogen and oxygen atoms in total. The first-order valence-corrected chi connectivity index (χ1v) is 9.50. The number of benzene rings is 2. The van der Waals surface area contributed by atoms with Gasteiger partial charge in [-0.25, -0.2) is 4.79 Å². The molecule has 27 heavy (non-hydrogen) atoms. The topological polar surface area (TPSA) is 77.8 Å². The summed E-state index contributed by atoms with van der Waals surface area (Å²) in [5, 5.41) is 20.1. The molecule has 0 fully saturated rings. The van der Waals surface area contributed by atoms with Gasteiger partial charge in [0.25, 0.3) is 0 Å². The van der Waals surface area contributed by atoms with E-state index in [1.54, 1.807) is 6.07 Å². The number of carboxylic acid groups (broad SMARTS) is 1. The fourth-order valence-corrected chi connectivity index (χ4v) is 3.67. The number of unbranched alkanes of at least 4 members (excludes halogenated alkanes) is 1. The molecule has 142 valence electrons.